The number of benzene rings is 3. The molecule has 1 amide bonds. The van der Waals surface area contributed by atoms with Gasteiger partial charge in [-0.1, -0.05) is 63.9 Å². The molecular formula is C32H38ClFN2O2. The molecule has 2 N–H and O–H groups in total. The Morgan fingerprint density at radius 2 is 1.87 bits per heavy atom. The molecule has 0 radical (unpaired) electrons. The summed E-state index contributed by atoms with van der Waals surface area (Å²) in [6.07, 6.45) is 8.61. The number of hydrogen-bond donors (Lipinski definition) is 2. The molecule has 0 spiro atoms. The van der Waals surface area contributed by atoms with Gasteiger partial charge in [0.2, 0.25) is 5.91 Å². The molecule has 1 aliphatic carbocycles. The summed E-state index contributed by atoms with van der Waals surface area (Å²) in [6, 6.07) is 14.2. The molecule has 1 fully saturated rings. The lowest BCUT2D eigenvalue weighted by Crippen LogP contribution is -2.26. The molecule has 1 aliphatic rings. The molecule has 0 saturated heterocycles. The first kappa shape index (κ1) is 28.0. The Hall–Kier alpha value is -3.05. The van der Waals surface area contributed by atoms with Crippen molar-refractivity contribution < 1.29 is 13.9 Å². The van der Waals surface area contributed by atoms with Crippen LogP contribution in [0.5, 0.6) is 5.75 Å². The van der Waals surface area contributed by atoms with Crippen molar-refractivity contribution >= 4 is 45.3 Å². The minimum Gasteiger partial charge on any atom is -0.491 e. The summed E-state index contributed by atoms with van der Waals surface area (Å²) in [7, 11) is 0. The van der Waals surface area contributed by atoms with Crippen molar-refractivity contribution in [2.45, 2.75) is 59.3 Å². The summed E-state index contributed by atoms with van der Waals surface area (Å²) < 4.78 is 19.8. The standard InChI is InChI=1S/C32H38ClFN2O2/c1-5-31(37)36-29-20-25-22(9-6-10-28(25)35-24-15-16-27(34)26(33)19-24)18-30(29)38-17-7-8-21-11-13-23(14-12-21)32(2,3)4/h5-6,9-10,15-16,18-21,23,35H,1,7-8,11-14,17H2,2-4H3,(H,36,37). The summed E-state index contributed by atoms with van der Waals surface area (Å²) in [4.78, 5) is 12.2. The van der Waals surface area contributed by atoms with Crippen LogP contribution >= 0.6 is 11.6 Å². The highest BCUT2D eigenvalue weighted by atomic mass is 35.5. The van der Waals surface area contributed by atoms with E-state index in [0.29, 0.717) is 29.1 Å². The van der Waals surface area contributed by atoms with E-state index >= 15 is 0 Å². The highest BCUT2D eigenvalue weighted by Crippen LogP contribution is 2.41. The van der Waals surface area contributed by atoms with Crippen LogP contribution in [0.25, 0.3) is 10.8 Å². The zero-order valence-electron chi connectivity index (χ0n) is 22.6. The van der Waals surface area contributed by atoms with Crippen molar-refractivity contribution in [2.75, 3.05) is 17.2 Å². The number of carbonyl (C=O) groups is 1. The van der Waals surface area contributed by atoms with Crippen LogP contribution in [0.3, 0.4) is 0 Å². The summed E-state index contributed by atoms with van der Waals surface area (Å²) in [6.45, 7) is 11.2. The van der Waals surface area contributed by atoms with E-state index in [1.165, 1.54) is 37.8 Å². The number of rotatable bonds is 9. The smallest absolute Gasteiger partial charge is 0.247 e. The number of halogens is 2. The normalized spacial score (nSPS) is 17.7. The van der Waals surface area contributed by atoms with Crippen LogP contribution in [-0.4, -0.2) is 12.5 Å². The van der Waals surface area contributed by atoms with Gasteiger partial charge < -0.3 is 15.4 Å². The Bertz CT molecular complexity index is 1290. The van der Waals surface area contributed by atoms with Crippen LogP contribution in [0.15, 0.2) is 61.2 Å². The quantitative estimate of drug-likeness (QED) is 0.211. The molecule has 38 heavy (non-hydrogen) atoms. The number of ether oxygens (including phenoxy) is 1. The van der Waals surface area contributed by atoms with Crippen molar-refractivity contribution in [1.29, 1.82) is 0 Å². The van der Waals surface area contributed by atoms with Crippen molar-refractivity contribution in [3.05, 3.63) is 72.0 Å². The number of hydrogen-bond acceptors (Lipinski definition) is 3. The van der Waals surface area contributed by atoms with Gasteiger partial charge in [0.05, 0.1) is 17.3 Å². The number of carbonyl (C=O) groups excluding carboxylic acids is 1. The Morgan fingerprint density at radius 1 is 1.11 bits per heavy atom. The zero-order valence-corrected chi connectivity index (χ0v) is 23.3. The predicted octanol–water partition coefficient (Wildman–Crippen LogP) is 9.51. The first-order valence-electron chi connectivity index (χ1n) is 13.5. The van der Waals surface area contributed by atoms with Crippen molar-refractivity contribution in [2.24, 2.45) is 17.3 Å². The first-order valence-corrected chi connectivity index (χ1v) is 13.9. The van der Waals surface area contributed by atoms with Gasteiger partial charge in [0.15, 0.2) is 0 Å². The van der Waals surface area contributed by atoms with E-state index in [2.05, 4.69) is 38.0 Å². The summed E-state index contributed by atoms with van der Waals surface area (Å²) in [5, 5.41) is 8.08. The van der Waals surface area contributed by atoms with E-state index in [1.54, 1.807) is 12.1 Å². The maximum atomic E-state index is 13.6. The molecule has 0 heterocycles. The molecule has 6 heteroatoms. The molecule has 4 nitrogen and oxygen atoms in total. The zero-order chi connectivity index (χ0) is 27.3. The van der Waals surface area contributed by atoms with E-state index in [9.17, 15) is 9.18 Å². The minimum atomic E-state index is -0.469. The SMILES string of the molecule is C=CC(=O)Nc1cc2c(Nc3ccc(F)c(Cl)c3)cccc2cc1OCCCC1CCC(C(C)(C)C)CC1. The van der Waals surface area contributed by atoms with Crippen LogP contribution in [0.2, 0.25) is 5.02 Å². The number of nitrogens with one attached hydrogen (secondary N) is 2. The summed E-state index contributed by atoms with van der Waals surface area (Å²) >= 11 is 5.96. The fraction of sp³-hybridized carbons (Fsp3) is 0.406. The monoisotopic (exact) mass is 536 g/mol. The number of fused-ring (bicyclic) bond motifs is 1. The average molecular weight is 537 g/mol. The van der Waals surface area contributed by atoms with Gasteiger partial charge in [-0.25, -0.2) is 4.39 Å². The lowest BCUT2D eigenvalue weighted by atomic mass is 9.69. The van der Waals surface area contributed by atoms with Gasteiger partial charge in [-0.15, -0.1) is 0 Å². The third kappa shape index (κ3) is 7.08. The van der Waals surface area contributed by atoms with E-state index in [0.717, 1.165) is 41.1 Å². The molecule has 0 atom stereocenters. The van der Waals surface area contributed by atoms with Gasteiger partial charge in [-0.05, 0) is 90.8 Å². The number of amides is 1. The summed E-state index contributed by atoms with van der Waals surface area (Å²) in [5.74, 6) is 1.45. The second-order valence-corrected chi connectivity index (χ2v) is 11.8. The second-order valence-electron chi connectivity index (χ2n) is 11.4. The van der Waals surface area contributed by atoms with Gasteiger partial charge in [-0.2, -0.15) is 0 Å². The topological polar surface area (TPSA) is 50.4 Å². The van der Waals surface area contributed by atoms with Gasteiger partial charge in [0, 0.05) is 16.8 Å². The third-order valence-electron chi connectivity index (χ3n) is 7.71. The van der Waals surface area contributed by atoms with Crippen molar-refractivity contribution in [3.63, 3.8) is 0 Å². The Balaban J connectivity index is 1.46. The average Bonchev–Trinajstić information content (AvgIpc) is 2.89. The molecule has 1 saturated carbocycles. The van der Waals surface area contributed by atoms with Crippen LogP contribution < -0.4 is 15.4 Å². The summed E-state index contributed by atoms with van der Waals surface area (Å²) in [5.41, 5.74) is 2.45. The molecule has 3 aromatic carbocycles. The molecule has 0 aromatic heterocycles. The maximum absolute atomic E-state index is 13.6. The van der Waals surface area contributed by atoms with Crippen molar-refractivity contribution in [1.82, 2.24) is 0 Å². The molecule has 0 aliphatic heterocycles. The maximum Gasteiger partial charge on any atom is 0.247 e. The lowest BCUT2D eigenvalue weighted by Gasteiger charge is -2.37. The van der Waals surface area contributed by atoms with Crippen LogP contribution in [-0.2, 0) is 4.79 Å². The highest BCUT2D eigenvalue weighted by Gasteiger charge is 2.29. The molecule has 0 bridgehead atoms. The Kier molecular flexibility index (Phi) is 8.99. The first-order chi connectivity index (χ1) is 18.1. The molecule has 0 unspecified atom stereocenters. The van der Waals surface area contributed by atoms with Crippen LogP contribution in [0, 0.1) is 23.1 Å². The van der Waals surface area contributed by atoms with E-state index in [1.807, 2.05) is 30.3 Å². The van der Waals surface area contributed by atoms with E-state index in [4.69, 9.17) is 16.3 Å². The fourth-order valence-corrected chi connectivity index (χ4v) is 5.60. The van der Waals surface area contributed by atoms with E-state index < -0.39 is 5.82 Å². The predicted molar refractivity (Wildman–Crippen MR) is 157 cm³/mol. The highest BCUT2D eigenvalue weighted by molar-refractivity contribution is 6.31. The molecular weight excluding hydrogens is 499 g/mol. The van der Waals surface area contributed by atoms with Gasteiger partial charge in [0.25, 0.3) is 0 Å². The van der Waals surface area contributed by atoms with Crippen molar-refractivity contribution in [3.8, 4) is 5.75 Å². The lowest BCUT2D eigenvalue weighted by molar-refractivity contribution is -0.111. The number of anilines is 3. The van der Waals surface area contributed by atoms with Gasteiger partial charge in [-0.3, -0.25) is 4.79 Å². The largest absolute Gasteiger partial charge is 0.491 e. The van der Waals surface area contributed by atoms with Crippen LogP contribution in [0.4, 0.5) is 21.5 Å². The third-order valence-corrected chi connectivity index (χ3v) is 8.00. The Labute approximate surface area is 230 Å². The Morgan fingerprint density at radius 3 is 2.55 bits per heavy atom. The van der Waals surface area contributed by atoms with Gasteiger partial charge in [0.1, 0.15) is 11.6 Å². The minimum absolute atomic E-state index is 0.0482. The van der Waals surface area contributed by atoms with Gasteiger partial charge >= 0.3 is 0 Å². The molecule has 4 rings (SSSR count). The molecule has 3 aromatic rings. The second kappa shape index (κ2) is 12.2. The molecule has 202 valence electrons. The van der Waals surface area contributed by atoms with Crippen LogP contribution in [0.1, 0.15) is 59.3 Å². The fourth-order valence-electron chi connectivity index (χ4n) is 5.42. The van der Waals surface area contributed by atoms with E-state index in [-0.39, 0.29) is 10.9 Å².